The van der Waals surface area contributed by atoms with Crippen molar-refractivity contribution in [2.75, 3.05) is 18.5 Å². The molecule has 2 aromatic rings. The number of carbonyl (C=O) groups is 3. The molecule has 1 aliphatic carbocycles. The van der Waals surface area contributed by atoms with Gasteiger partial charge in [0.15, 0.2) is 0 Å². The van der Waals surface area contributed by atoms with Crippen LogP contribution in [-0.2, 0) is 16.0 Å². The van der Waals surface area contributed by atoms with E-state index in [9.17, 15) is 19.5 Å². The maximum Gasteiger partial charge on any atom is 0.307 e. The van der Waals surface area contributed by atoms with Gasteiger partial charge in [-0.05, 0) is 37.0 Å². The second-order valence-corrected chi connectivity index (χ2v) is 7.74. The summed E-state index contributed by atoms with van der Waals surface area (Å²) in [6.07, 6.45) is 3.46. The third kappa shape index (κ3) is 5.06. The van der Waals surface area contributed by atoms with Crippen LogP contribution in [0.3, 0.4) is 0 Å². The molecule has 2 unspecified atom stereocenters. The second-order valence-electron chi connectivity index (χ2n) is 7.74. The Labute approximate surface area is 176 Å². The Morgan fingerprint density at radius 1 is 0.967 bits per heavy atom. The Hall–Kier alpha value is -3.15. The molecule has 158 valence electrons. The molecule has 2 aromatic carbocycles. The highest BCUT2D eigenvalue weighted by molar-refractivity contribution is 6.05. The molecule has 2 atom stereocenters. The van der Waals surface area contributed by atoms with Crippen molar-refractivity contribution in [2.45, 2.75) is 32.1 Å². The number of benzene rings is 2. The minimum absolute atomic E-state index is 0.244. The molecular weight excluding hydrogens is 380 g/mol. The molecule has 1 aliphatic rings. The third-order valence-electron chi connectivity index (χ3n) is 5.78. The maximum atomic E-state index is 13.1. The molecule has 6 heteroatoms. The van der Waals surface area contributed by atoms with Gasteiger partial charge in [-0.25, -0.2) is 0 Å². The number of carbonyl (C=O) groups excluding carboxylic acids is 2. The third-order valence-corrected chi connectivity index (χ3v) is 5.78. The zero-order valence-electron chi connectivity index (χ0n) is 17.2. The van der Waals surface area contributed by atoms with Crippen LogP contribution < -0.4 is 10.2 Å². The van der Waals surface area contributed by atoms with Crippen LogP contribution in [0.1, 0.15) is 41.6 Å². The zero-order valence-corrected chi connectivity index (χ0v) is 17.2. The van der Waals surface area contributed by atoms with Crippen LogP contribution in [0.2, 0.25) is 0 Å². The highest BCUT2D eigenvalue weighted by Gasteiger charge is 2.37. The van der Waals surface area contributed by atoms with Gasteiger partial charge in [0.05, 0.1) is 23.1 Å². The molecule has 1 saturated carbocycles. The number of carboxylic acid groups (broad SMARTS) is 1. The topological polar surface area (TPSA) is 86.7 Å². The van der Waals surface area contributed by atoms with E-state index in [4.69, 9.17) is 0 Å². The first kappa shape index (κ1) is 21.6. The van der Waals surface area contributed by atoms with Crippen molar-refractivity contribution >= 4 is 23.5 Å². The van der Waals surface area contributed by atoms with Crippen LogP contribution in [0.4, 0.5) is 5.69 Å². The Balaban J connectivity index is 1.71. The molecule has 1 fully saturated rings. The molecule has 2 amide bonds. The SMILES string of the molecule is CN(C(=O)C1CCCCC1C(=O)O)c1ccccc1C(=O)NCCc1ccccc1. The van der Waals surface area contributed by atoms with Gasteiger partial charge in [-0.2, -0.15) is 0 Å². The molecule has 0 aromatic heterocycles. The minimum Gasteiger partial charge on any atom is -0.481 e. The first-order valence-corrected chi connectivity index (χ1v) is 10.4. The quantitative estimate of drug-likeness (QED) is 0.734. The van der Waals surface area contributed by atoms with Crippen LogP contribution in [-0.4, -0.2) is 36.5 Å². The van der Waals surface area contributed by atoms with Crippen LogP contribution in [0, 0.1) is 11.8 Å². The normalized spacial score (nSPS) is 18.4. The molecule has 0 saturated heterocycles. The summed E-state index contributed by atoms with van der Waals surface area (Å²) in [6.45, 7) is 0.485. The summed E-state index contributed by atoms with van der Waals surface area (Å²) in [6, 6.07) is 16.8. The van der Waals surface area contributed by atoms with Gasteiger partial charge in [-0.15, -0.1) is 0 Å². The van der Waals surface area contributed by atoms with Crippen LogP contribution in [0.5, 0.6) is 0 Å². The van der Waals surface area contributed by atoms with E-state index in [1.165, 1.54) is 4.90 Å². The average Bonchev–Trinajstić information content (AvgIpc) is 2.78. The van der Waals surface area contributed by atoms with E-state index in [2.05, 4.69) is 5.32 Å². The summed E-state index contributed by atoms with van der Waals surface area (Å²) in [5.74, 6) is -2.64. The highest BCUT2D eigenvalue weighted by Crippen LogP contribution is 2.33. The molecule has 30 heavy (non-hydrogen) atoms. The van der Waals surface area contributed by atoms with E-state index < -0.39 is 17.8 Å². The largest absolute Gasteiger partial charge is 0.481 e. The number of carboxylic acids is 1. The molecule has 3 rings (SSSR count). The minimum atomic E-state index is -0.923. The molecule has 6 nitrogen and oxygen atoms in total. The summed E-state index contributed by atoms with van der Waals surface area (Å²) in [5, 5.41) is 12.4. The number of amides is 2. The summed E-state index contributed by atoms with van der Waals surface area (Å²) in [7, 11) is 1.62. The van der Waals surface area contributed by atoms with E-state index in [1.54, 1.807) is 31.3 Å². The maximum absolute atomic E-state index is 13.1. The van der Waals surface area contributed by atoms with E-state index in [0.717, 1.165) is 18.4 Å². The number of anilines is 1. The lowest BCUT2D eigenvalue weighted by molar-refractivity contribution is -0.148. The van der Waals surface area contributed by atoms with Gasteiger partial charge in [0.25, 0.3) is 5.91 Å². The fourth-order valence-electron chi connectivity index (χ4n) is 4.11. The van der Waals surface area contributed by atoms with Gasteiger partial charge >= 0.3 is 5.97 Å². The molecule has 0 bridgehead atoms. The number of hydrogen-bond donors (Lipinski definition) is 2. The van der Waals surface area contributed by atoms with Crippen LogP contribution in [0.25, 0.3) is 0 Å². The molecule has 0 radical (unpaired) electrons. The second kappa shape index (κ2) is 10.1. The first-order chi connectivity index (χ1) is 14.5. The Morgan fingerprint density at radius 2 is 1.60 bits per heavy atom. The number of nitrogens with zero attached hydrogens (tertiary/aromatic N) is 1. The number of aliphatic carboxylic acids is 1. The van der Waals surface area contributed by atoms with Gasteiger partial charge in [0.1, 0.15) is 0 Å². The first-order valence-electron chi connectivity index (χ1n) is 10.4. The number of para-hydroxylation sites is 1. The fraction of sp³-hybridized carbons (Fsp3) is 0.375. The summed E-state index contributed by atoms with van der Waals surface area (Å²) >= 11 is 0. The van der Waals surface area contributed by atoms with Gasteiger partial charge in [-0.3, -0.25) is 14.4 Å². The lowest BCUT2D eigenvalue weighted by Crippen LogP contribution is -2.41. The van der Waals surface area contributed by atoms with Crippen molar-refractivity contribution < 1.29 is 19.5 Å². The summed E-state index contributed by atoms with van der Waals surface area (Å²) < 4.78 is 0. The monoisotopic (exact) mass is 408 g/mol. The zero-order chi connectivity index (χ0) is 21.5. The molecular formula is C24H28N2O4. The Kier molecular flexibility index (Phi) is 7.22. The predicted octanol–water partition coefficient (Wildman–Crippen LogP) is 3.51. The predicted molar refractivity (Wildman–Crippen MR) is 115 cm³/mol. The van der Waals surface area contributed by atoms with Gasteiger partial charge in [0, 0.05) is 13.6 Å². The van der Waals surface area contributed by atoms with E-state index in [0.29, 0.717) is 37.1 Å². The average molecular weight is 408 g/mol. The molecule has 2 N–H and O–H groups in total. The standard InChI is InChI=1S/C24H28N2O4/c1-26(23(28)18-11-5-6-12-19(18)24(29)30)21-14-8-7-13-20(21)22(27)25-16-15-17-9-3-2-4-10-17/h2-4,7-10,13-14,18-19H,5-6,11-12,15-16H2,1H3,(H,25,27)(H,29,30). The van der Waals surface area contributed by atoms with Gasteiger partial charge in [0.2, 0.25) is 5.91 Å². The highest BCUT2D eigenvalue weighted by atomic mass is 16.4. The van der Waals surface area contributed by atoms with Crippen molar-refractivity contribution in [2.24, 2.45) is 11.8 Å². The van der Waals surface area contributed by atoms with Gasteiger partial charge in [-0.1, -0.05) is 55.3 Å². The summed E-state index contributed by atoms with van der Waals surface area (Å²) in [5.41, 5.74) is 2.04. The molecule has 0 aliphatic heterocycles. The van der Waals surface area contributed by atoms with Crippen LogP contribution in [0.15, 0.2) is 54.6 Å². The molecule has 0 spiro atoms. The molecule has 0 heterocycles. The summed E-state index contributed by atoms with van der Waals surface area (Å²) in [4.78, 5) is 39.0. The number of rotatable bonds is 7. The van der Waals surface area contributed by atoms with Crippen molar-refractivity contribution in [3.63, 3.8) is 0 Å². The number of nitrogens with one attached hydrogen (secondary N) is 1. The van der Waals surface area contributed by atoms with Gasteiger partial charge < -0.3 is 15.3 Å². The van der Waals surface area contributed by atoms with E-state index in [-0.39, 0.29) is 11.8 Å². The lowest BCUT2D eigenvalue weighted by atomic mass is 9.78. The Morgan fingerprint density at radius 3 is 2.30 bits per heavy atom. The van der Waals surface area contributed by atoms with Crippen molar-refractivity contribution in [1.82, 2.24) is 5.32 Å². The van der Waals surface area contributed by atoms with Crippen molar-refractivity contribution in [3.05, 3.63) is 65.7 Å². The van der Waals surface area contributed by atoms with Crippen molar-refractivity contribution in [1.29, 1.82) is 0 Å². The lowest BCUT2D eigenvalue weighted by Gasteiger charge is -2.31. The van der Waals surface area contributed by atoms with E-state index in [1.807, 2.05) is 30.3 Å². The van der Waals surface area contributed by atoms with E-state index >= 15 is 0 Å². The Bertz CT molecular complexity index is 897. The van der Waals surface area contributed by atoms with Crippen molar-refractivity contribution in [3.8, 4) is 0 Å². The van der Waals surface area contributed by atoms with Crippen LogP contribution >= 0.6 is 0 Å². The fourth-order valence-corrected chi connectivity index (χ4v) is 4.11. The smallest absolute Gasteiger partial charge is 0.307 e. The number of hydrogen-bond acceptors (Lipinski definition) is 3.